The first-order valence-corrected chi connectivity index (χ1v) is 6.19. The van der Waals surface area contributed by atoms with Crippen LogP contribution in [0.2, 0.25) is 5.02 Å². The Labute approximate surface area is 117 Å². The van der Waals surface area contributed by atoms with Crippen molar-refractivity contribution in [2.24, 2.45) is 0 Å². The lowest BCUT2D eigenvalue weighted by Crippen LogP contribution is -2.05. The number of halogens is 1. The van der Waals surface area contributed by atoms with Gasteiger partial charge in [0.05, 0.1) is 18.4 Å². The lowest BCUT2D eigenvalue weighted by molar-refractivity contribution is 0.0602. The number of hydrogen-bond donors (Lipinski definition) is 1. The molecule has 19 heavy (non-hydrogen) atoms. The van der Waals surface area contributed by atoms with Crippen LogP contribution < -0.4 is 5.32 Å². The third-order valence-corrected chi connectivity index (χ3v) is 2.92. The van der Waals surface area contributed by atoms with Crippen molar-refractivity contribution in [1.82, 2.24) is 0 Å². The van der Waals surface area contributed by atoms with Gasteiger partial charge in [-0.2, -0.15) is 0 Å². The molecule has 0 aliphatic heterocycles. The molecule has 1 N–H and O–H groups in total. The van der Waals surface area contributed by atoms with Gasteiger partial charge in [-0.3, -0.25) is 0 Å². The van der Waals surface area contributed by atoms with Crippen LogP contribution in [0.3, 0.4) is 0 Å². The van der Waals surface area contributed by atoms with E-state index in [0.717, 1.165) is 11.3 Å². The average Bonchev–Trinajstić information content (AvgIpc) is 2.38. The monoisotopic (exact) mass is 275 g/mol. The number of aryl methyl sites for hydroxylation is 1. The van der Waals surface area contributed by atoms with Crippen LogP contribution >= 0.6 is 11.6 Å². The topological polar surface area (TPSA) is 38.3 Å². The summed E-state index contributed by atoms with van der Waals surface area (Å²) in [5.74, 6) is -0.396. The first kappa shape index (κ1) is 13.4. The Hall–Kier alpha value is -2.00. The van der Waals surface area contributed by atoms with E-state index in [0.29, 0.717) is 16.3 Å². The largest absolute Gasteiger partial charge is 0.465 e. The van der Waals surface area contributed by atoms with Crippen molar-refractivity contribution in [3.05, 3.63) is 58.6 Å². The summed E-state index contributed by atoms with van der Waals surface area (Å²) in [6.07, 6.45) is 0. The van der Waals surface area contributed by atoms with Crippen LogP contribution in [0, 0.1) is 6.92 Å². The van der Waals surface area contributed by atoms with Crippen molar-refractivity contribution >= 4 is 28.9 Å². The summed E-state index contributed by atoms with van der Waals surface area (Å²) in [5.41, 5.74) is 3.11. The predicted molar refractivity (Wildman–Crippen MR) is 77.3 cm³/mol. The number of anilines is 2. The summed E-state index contributed by atoms with van der Waals surface area (Å²) < 4.78 is 4.76. The standard InChI is InChI=1S/C15H14ClNO2/c1-10-4-3-5-12(8-10)17-14-9-11(16)6-7-13(14)15(18)19-2/h3-9,17H,1-2H3. The van der Waals surface area contributed by atoms with Crippen molar-refractivity contribution in [3.8, 4) is 0 Å². The third-order valence-electron chi connectivity index (χ3n) is 2.68. The molecular weight excluding hydrogens is 262 g/mol. The highest BCUT2D eigenvalue weighted by molar-refractivity contribution is 6.31. The molecule has 0 spiro atoms. The molecule has 0 amide bonds. The average molecular weight is 276 g/mol. The van der Waals surface area contributed by atoms with E-state index in [9.17, 15) is 4.79 Å². The minimum absolute atomic E-state index is 0.396. The third kappa shape index (κ3) is 3.26. The van der Waals surface area contributed by atoms with E-state index in [4.69, 9.17) is 16.3 Å². The Bertz CT molecular complexity index is 611. The van der Waals surface area contributed by atoms with Crippen molar-refractivity contribution in [1.29, 1.82) is 0 Å². The zero-order chi connectivity index (χ0) is 13.8. The van der Waals surface area contributed by atoms with Crippen LogP contribution in [0.15, 0.2) is 42.5 Å². The number of methoxy groups -OCH3 is 1. The first-order valence-electron chi connectivity index (χ1n) is 5.81. The molecule has 2 aromatic carbocycles. The van der Waals surface area contributed by atoms with Gasteiger partial charge < -0.3 is 10.1 Å². The van der Waals surface area contributed by atoms with Crippen molar-refractivity contribution in [2.75, 3.05) is 12.4 Å². The lowest BCUT2D eigenvalue weighted by Gasteiger charge is -2.11. The van der Waals surface area contributed by atoms with Crippen molar-refractivity contribution in [3.63, 3.8) is 0 Å². The minimum Gasteiger partial charge on any atom is -0.465 e. The summed E-state index contributed by atoms with van der Waals surface area (Å²) in [4.78, 5) is 11.7. The predicted octanol–water partition coefficient (Wildman–Crippen LogP) is 4.18. The number of rotatable bonds is 3. The zero-order valence-corrected chi connectivity index (χ0v) is 11.5. The van der Waals surface area contributed by atoms with Gasteiger partial charge in [0, 0.05) is 10.7 Å². The molecule has 0 fully saturated rings. The molecule has 0 radical (unpaired) electrons. The molecular formula is C15H14ClNO2. The molecule has 4 heteroatoms. The van der Waals surface area contributed by atoms with Gasteiger partial charge in [-0.1, -0.05) is 23.7 Å². The number of carbonyl (C=O) groups excluding carboxylic acids is 1. The van der Waals surface area contributed by atoms with Crippen molar-refractivity contribution < 1.29 is 9.53 Å². The van der Waals surface area contributed by atoms with Crippen LogP contribution in [0.1, 0.15) is 15.9 Å². The highest BCUT2D eigenvalue weighted by atomic mass is 35.5. The molecule has 0 saturated carbocycles. The summed E-state index contributed by atoms with van der Waals surface area (Å²) in [5, 5.41) is 3.74. The first-order chi connectivity index (χ1) is 9.10. The summed E-state index contributed by atoms with van der Waals surface area (Å²) in [6.45, 7) is 2.00. The molecule has 3 nitrogen and oxygen atoms in total. The van der Waals surface area contributed by atoms with E-state index >= 15 is 0 Å². The maximum atomic E-state index is 11.7. The summed E-state index contributed by atoms with van der Waals surface area (Å²) >= 11 is 5.97. The van der Waals surface area contributed by atoms with E-state index < -0.39 is 5.97 Å². The molecule has 98 valence electrons. The highest BCUT2D eigenvalue weighted by Crippen LogP contribution is 2.25. The van der Waals surface area contributed by atoms with Crippen LogP contribution in [-0.2, 0) is 4.74 Å². The Morgan fingerprint density at radius 1 is 1.21 bits per heavy atom. The Kier molecular flexibility index (Phi) is 4.07. The van der Waals surface area contributed by atoms with Gasteiger partial charge in [-0.25, -0.2) is 4.79 Å². The van der Waals surface area contributed by atoms with Crippen LogP contribution in [0.25, 0.3) is 0 Å². The zero-order valence-electron chi connectivity index (χ0n) is 10.7. The maximum absolute atomic E-state index is 11.7. The fourth-order valence-electron chi connectivity index (χ4n) is 1.79. The second-order valence-corrected chi connectivity index (χ2v) is 4.61. The SMILES string of the molecule is COC(=O)c1ccc(Cl)cc1Nc1cccc(C)c1. The van der Waals surface area contributed by atoms with E-state index in [1.54, 1.807) is 18.2 Å². The summed E-state index contributed by atoms with van der Waals surface area (Å²) in [7, 11) is 1.35. The molecule has 0 saturated heterocycles. The van der Waals surface area contributed by atoms with E-state index in [1.165, 1.54) is 7.11 Å². The quantitative estimate of drug-likeness (QED) is 0.854. The summed E-state index contributed by atoms with van der Waals surface area (Å²) in [6, 6.07) is 12.9. The fourth-order valence-corrected chi connectivity index (χ4v) is 1.96. The molecule has 0 aliphatic carbocycles. The second kappa shape index (κ2) is 5.76. The Balaban J connectivity index is 2.38. The van der Waals surface area contributed by atoms with Crippen LogP contribution in [-0.4, -0.2) is 13.1 Å². The van der Waals surface area contributed by atoms with Crippen molar-refractivity contribution in [2.45, 2.75) is 6.92 Å². The van der Waals surface area contributed by atoms with Gasteiger partial charge in [0.2, 0.25) is 0 Å². The lowest BCUT2D eigenvalue weighted by atomic mass is 10.1. The molecule has 0 heterocycles. The van der Waals surface area contributed by atoms with Gasteiger partial charge in [0.1, 0.15) is 0 Å². The van der Waals surface area contributed by atoms with Gasteiger partial charge in [-0.05, 0) is 42.8 Å². The molecule has 0 bridgehead atoms. The Morgan fingerprint density at radius 2 is 2.00 bits per heavy atom. The van der Waals surface area contributed by atoms with Gasteiger partial charge >= 0.3 is 5.97 Å². The molecule has 0 unspecified atom stereocenters. The molecule has 0 aromatic heterocycles. The number of carbonyl (C=O) groups is 1. The Morgan fingerprint density at radius 3 is 2.68 bits per heavy atom. The highest BCUT2D eigenvalue weighted by Gasteiger charge is 2.12. The smallest absolute Gasteiger partial charge is 0.339 e. The van der Waals surface area contributed by atoms with Gasteiger partial charge in [-0.15, -0.1) is 0 Å². The molecule has 0 atom stereocenters. The fraction of sp³-hybridized carbons (Fsp3) is 0.133. The van der Waals surface area contributed by atoms with E-state index in [-0.39, 0.29) is 0 Å². The molecule has 2 rings (SSSR count). The number of nitrogens with one attached hydrogen (secondary N) is 1. The number of ether oxygens (including phenoxy) is 1. The van der Waals surface area contributed by atoms with Gasteiger partial charge in [0.25, 0.3) is 0 Å². The number of esters is 1. The van der Waals surface area contributed by atoms with Crippen LogP contribution in [0.4, 0.5) is 11.4 Å². The van der Waals surface area contributed by atoms with E-state index in [2.05, 4.69) is 5.32 Å². The maximum Gasteiger partial charge on any atom is 0.339 e. The number of benzene rings is 2. The van der Waals surface area contributed by atoms with Crippen LogP contribution in [0.5, 0.6) is 0 Å². The molecule has 2 aromatic rings. The minimum atomic E-state index is -0.396. The van der Waals surface area contributed by atoms with Gasteiger partial charge in [0.15, 0.2) is 0 Å². The second-order valence-electron chi connectivity index (χ2n) is 4.18. The normalized spacial score (nSPS) is 10.1. The number of hydrogen-bond acceptors (Lipinski definition) is 3. The van der Waals surface area contributed by atoms with E-state index in [1.807, 2.05) is 31.2 Å². The molecule has 0 aliphatic rings.